The number of aromatic nitrogens is 1. The predicted octanol–water partition coefficient (Wildman–Crippen LogP) is 5.08. The Morgan fingerprint density at radius 2 is 2.05 bits per heavy atom. The SMILES string of the molecule is C=CC1CCC(Cc2cc3c(C)cccc3cn2)CC1. The normalized spacial score (nSPS) is 22.9. The zero-order valence-corrected chi connectivity index (χ0v) is 12.3. The molecule has 1 aromatic heterocycles. The van der Waals surface area contributed by atoms with Gasteiger partial charge >= 0.3 is 0 Å². The largest absolute Gasteiger partial charge is 0.261 e. The van der Waals surface area contributed by atoms with Gasteiger partial charge in [-0.25, -0.2) is 0 Å². The highest BCUT2D eigenvalue weighted by Gasteiger charge is 2.19. The van der Waals surface area contributed by atoms with Gasteiger partial charge in [0.05, 0.1) is 0 Å². The number of pyridine rings is 1. The van der Waals surface area contributed by atoms with Crippen LogP contribution in [-0.2, 0) is 6.42 Å². The molecule has 2 aromatic rings. The first-order valence-corrected chi connectivity index (χ1v) is 7.73. The molecule has 104 valence electrons. The zero-order chi connectivity index (χ0) is 13.9. The van der Waals surface area contributed by atoms with E-state index in [4.69, 9.17) is 0 Å². The second-order valence-electron chi connectivity index (χ2n) is 6.19. The van der Waals surface area contributed by atoms with E-state index in [-0.39, 0.29) is 0 Å². The first-order chi connectivity index (χ1) is 9.76. The Labute approximate surface area is 121 Å². The summed E-state index contributed by atoms with van der Waals surface area (Å²) in [6.45, 7) is 6.11. The van der Waals surface area contributed by atoms with Crippen LogP contribution in [0.4, 0.5) is 0 Å². The van der Waals surface area contributed by atoms with Crippen molar-refractivity contribution in [3.05, 3.63) is 54.4 Å². The fraction of sp³-hybridized carbons (Fsp3) is 0.421. The van der Waals surface area contributed by atoms with Crippen LogP contribution in [-0.4, -0.2) is 4.98 Å². The second-order valence-corrected chi connectivity index (χ2v) is 6.19. The molecule has 0 spiro atoms. The molecule has 1 aliphatic rings. The minimum atomic E-state index is 0.748. The molecule has 0 saturated heterocycles. The molecule has 1 aromatic carbocycles. The number of nitrogens with zero attached hydrogens (tertiary/aromatic N) is 1. The lowest BCUT2D eigenvalue weighted by Gasteiger charge is -2.26. The Kier molecular flexibility index (Phi) is 3.86. The van der Waals surface area contributed by atoms with Crippen LogP contribution in [0, 0.1) is 18.8 Å². The molecule has 0 N–H and O–H groups in total. The van der Waals surface area contributed by atoms with Gasteiger partial charge in [-0.1, -0.05) is 24.3 Å². The Bertz CT molecular complexity index is 606. The molecule has 1 aliphatic carbocycles. The Morgan fingerprint density at radius 3 is 2.80 bits per heavy atom. The number of rotatable bonds is 3. The van der Waals surface area contributed by atoms with E-state index < -0.39 is 0 Å². The smallest absolute Gasteiger partial charge is 0.0412 e. The topological polar surface area (TPSA) is 12.9 Å². The molecule has 1 saturated carbocycles. The monoisotopic (exact) mass is 265 g/mol. The molecule has 1 heteroatoms. The lowest BCUT2D eigenvalue weighted by atomic mass is 9.80. The number of hydrogen-bond acceptors (Lipinski definition) is 1. The van der Waals surface area contributed by atoms with Gasteiger partial charge < -0.3 is 0 Å². The third-order valence-corrected chi connectivity index (χ3v) is 4.76. The standard InChI is InChI=1S/C19H23N/c1-3-15-7-9-16(10-8-15)11-18-12-19-14(2)5-4-6-17(19)13-20-18/h3-6,12-13,15-16H,1,7-11H2,2H3. The molecular weight excluding hydrogens is 242 g/mol. The molecule has 3 rings (SSSR count). The van der Waals surface area contributed by atoms with Gasteiger partial charge in [0.15, 0.2) is 0 Å². The molecule has 0 aliphatic heterocycles. The summed E-state index contributed by atoms with van der Waals surface area (Å²) >= 11 is 0. The predicted molar refractivity (Wildman–Crippen MR) is 85.8 cm³/mol. The summed E-state index contributed by atoms with van der Waals surface area (Å²) in [5.74, 6) is 1.55. The van der Waals surface area contributed by atoms with Crippen LogP contribution < -0.4 is 0 Å². The van der Waals surface area contributed by atoms with Crippen molar-refractivity contribution in [2.24, 2.45) is 11.8 Å². The highest BCUT2D eigenvalue weighted by Crippen LogP contribution is 2.31. The molecule has 0 bridgehead atoms. The van der Waals surface area contributed by atoms with Gasteiger partial charge in [-0.05, 0) is 67.9 Å². The minimum Gasteiger partial charge on any atom is -0.261 e. The van der Waals surface area contributed by atoms with Gasteiger partial charge in [-0.2, -0.15) is 0 Å². The van der Waals surface area contributed by atoms with Crippen molar-refractivity contribution in [3.8, 4) is 0 Å². The van der Waals surface area contributed by atoms with Gasteiger partial charge in [-0.3, -0.25) is 4.98 Å². The van der Waals surface area contributed by atoms with Crippen molar-refractivity contribution >= 4 is 10.8 Å². The van der Waals surface area contributed by atoms with E-state index in [1.165, 1.54) is 47.7 Å². The Hall–Kier alpha value is -1.63. The maximum Gasteiger partial charge on any atom is 0.0412 e. The van der Waals surface area contributed by atoms with E-state index in [0.717, 1.165) is 18.3 Å². The highest BCUT2D eigenvalue weighted by atomic mass is 14.7. The average molecular weight is 265 g/mol. The van der Waals surface area contributed by atoms with Gasteiger partial charge in [-0.15, -0.1) is 6.58 Å². The summed E-state index contributed by atoms with van der Waals surface area (Å²) in [7, 11) is 0. The van der Waals surface area contributed by atoms with Crippen molar-refractivity contribution in [3.63, 3.8) is 0 Å². The number of fused-ring (bicyclic) bond motifs is 1. The third kappa shape index (κ3) is 2.77. The van der Waals surface area contributed by atoms with Gasteiger partial charge in [0.25, 0.3) is 0 Å². The van der Waals surface area contributed by atoms with Crippen LogP contribution in [0.15, 0.2) is 43.1 Å². The van der Waals surface area contributed by atoms with E-state index >= 15 is 0 Å². The fourth-order valence-electron chi connectivity index (χ4n) is 3.40. The fourth-order valence-corrected chi connectivity index (χ4v) is 3.40. The molecule has 0 radical (unpaired) electrons. The number of allylic oxidation sites excluding steroid dienone is 1. The van der Waals surface area contributed by atoms with Crippen molar-refractivity contribution in [2.45, 2.75) is 39.0 Å². The van der Waals surface area contributed by atoms with Crippen molar-refractivity contribution in [1.82, 2.24) is 4.98 Å². The van der Waals surface area contributed by atoms with E-state index in [1.807, 2.05) is 6.20 Å². The van der Waals surface area contributed by atoms with Gasteiger partial charge in [0, 0.05) is 17.3 Å². The van der Waals surface area contributed by atoms with Crippen molar-refractivity contribution in [1.29, 1.82) is 0 Å². The quantitative estimate of drug-likeness (QED) is 0.705. The van der Waals surface area contributed by atoms with E-state index in [0.29, 0.717) is 0 Å². The lowest BCUT2D eigenvalue weighted by molar-refractivity contribution is 0.308. The average Bonchev–Trinajstić information content (AvgIpc) is 2.49. The van der Waals surface area contributed by atoms with Crippen molar-refractivity contribution < 1.29 is 0 Å². The number of aryl methyl sites for hydroxylation is 1. The molecule has 1 fully saturated rings. The summed E-state index contributed by atoms with van der Waals surface area (Å²) < 4.78 is 0. The van der Waals surface area contributed by atoms with Gasteiger partial charge in [0.2, 0.25) is 0 Å². The summed E-state index contributed by atoms with van der Waals surface area (Å²) in [6.07, 6.45) is 10.6. The second kappa shape index (κ2) is 5.78. The first kappa shape index (κ1) is 13.4. The van der Waals surface area contributed by atoms with Crippen molar-refractivity contribution in [2.75, 3.05) is 0 Å². The van der Waals surface area contributed by atoms with E-state index in [1.54, 1.807) is 0 Å². The van der Waals surface area contributed by atoms with Crippen LogP contribution >= 0.6 is 0 Å². The van der Waals surface area contributed by atoms with Crippen LogP contribution in [0.5, 0.6) is 0 Å². The maximum absolute atomic E-state index is 4.66. The van der Waals surface area contributed by atoms with E-state index in [9.17, 15) is 0 Å². The van der Waals surface area contributed by atoms with E-state index in [2.05, 4.69) is 48.8 Å². The molecular formula is C19H23N. The summed E-state index contributed by atoms with van der Waals surface area (Å²) in [4.78, 5) is 4.66. The third-order valence-electron chi connectivity index (χ3n) is 4.76. The maximum atomic E-state index is 4.66. The zero-order valence-electron chi connectivity index (χ0n) is 12.3. The number of hydrogen-bond donors (Lipinski definition) is 0. The Balaban J connectivity index is 1.75. The summed E-state index contributed by atoms with van der Waals surface area (Å²) in [5, 5.41) is 2.61. The molecule has 0 unspecified atom stereocenters. The minimum absolute atomic E-state index is 0.748. The summed E-state index contributed by atoms with van der Waals surface area (Å²) in [6, 6.07) is 8.73. The molecule has 20 heavy (non-hydrogen) atoms. The van der Waals surface area contributed by atoms with Crippen LogP contribution in [0.25, 0.3) is 10.8 Å². The van der Waals surface area contributed by atoms with Crippen LogP contribution in [0.1, 0.15) is 36.9 Å². The summed E-state index contributed by atoms with van der Waals surface area (Å²) in [5.41, 5.74) is 2.61. The highest BCUT2D eigenvalue weighted by molar-refractivity contribution is 5.85. The van der Waals surface area contributed by atoms with Crippen LogP contribution in [0.3, 0.4) is 0 Å². The Morgan fingerprint density at radius 1 is 1.25 bits per heavy atom. The molecule has 0 atom stereocenters. The molecule has 1 heterocycles. The van der Waals surface area contributed by atoms with Crippen LogP contribution in [0.2, 0.25) is 0 Å². The first-order valence-electron chi connectivity index (χ1n) is 7.73. The molecule has 0 amide bonds. The lowest BCUT2D eigenvalue weighted by Crippen LogP contribution is -2.15. The molecule has 1 nitrogen and oxygen atoms in total. The number of benzene rings is 1. The van der Waals surface area contributed by atoms with Gasteiger partial charge in [0.1, 0.15) is 0 Å².